The Balaban J connectivity index is 1.33. The lowest BCUT2D eigenvalue weighted by molar-refractivity contribution is -0.143. The predicted octanol–water partition coefficient (Wildman–Crippen LogP) is 4.41. The number of rotatable bonds is 8. The van der Waals surface area contributed by atoms with Crippen LogP contribution in [0.3, 0.4) is 0 Å². The highest BCUT2D eigenvalue weighted by molar-refractivity contribution is 5.81. The molecule has 1 aliphatic carbocycles. The van der Waals surface area contributed by atoms with Gasteiger partial charge in [0.2, 0.25) is 5.91 Å². The highest BCUT2D eigenvalue weighted by atomic mass is 16.5. The topological polar surface area (TPSA) is 95.9 Å². The Labute approximate surface area is 200 Å². The number of carboxylic acids is 1. The fourth-order valence-corrected chi connectivity index (χ4v) is 5.20. The minimum Gasteiger partial charge on any atom is -0.481 e. The number of hydrogen-bond donors (Lipinski definition) is 2. The van der Waals surface area contributed by atoms with Crippen LogP contribution in [-0.2, 0) is 14.3 Å². The smallest absolute Gasteiger partial charge is 0.407 e. The lowest BCUT2D eigenvalue weighted by Crippen LogP contribution is -2.49. The molecule has 1 heterocycles. The number of hydrogen-bond acceptors (Lipinski definition) is 4. The number of ether oxygens (including phenoxy) is 1. The first-order valence-electron chi connectivity index (χ1n) is 12.1. The summed E-state index contributed by atoms with van der Waals surface area (Å²) in [6, 6.07) is 16.0. The summed E-state index contributed by atoms with van der Waals surface area (Å²) in [5.74, 6) is -1.41. The van der Waals surface area contributed by atoms with Gasteiger partial charge in [0.05, 0.1) is 12.3 Å². The van der Waals surface area contributed by atoms with Gasteiger partial charge in [-0.3, -0.25) is 9.59 Å². The van der Waals surface area contributed by atoms with Crippen molar-refractivity contribution >= 4 is 18.0 Å². The molecule has 0 radical (unpaired) electrons. The summed E-state index contributed by atoms with van der Waals surface area (Å²) >= 11 is 0. The monoisotopic (exact) mass is 464 g/mol. The van der Waals surface area contributed by atoms with Crippen molar-refractivity contribution in [1.29, 1.82) is 0 Å². The summed E-state index contributed by atoms with van der Waals surface area (Å²) in [4.78, 5) is 38.5. The van der Waals surface area contributed by atoms with Crippen LogP contribution in [0.1, 0.15) is 56.1 Å². The van der Waals surface area contributed by atoms with Crippen LogP contribution in [0.5, 0.6) is 0 Å². The number of amides is 2. The van der Waals surface area contributed by atoms with E-state index in [4.69, 9.17) is 4.74 Å². The van der Waals surface area contributed by atoms with Gasteiger partial charge in [0.1, 0.15) is 6.61 Å². The van der Waals surface area contributed by atoms with Crippen LogP contribution in [0, 0.1) is 5.92 Å². The van der Waals surface area contributed by atoms with Crippen molar-refractivity contribution in [3.05, 3.63) is 59.7 Å². The minimum atomic E-state index is -0.894. The number of aliphatic carboxylic acids is 1. The van der Waals surface area contributed by atoms with Crippen molar-refractivity contribution < 1.29 is 24.2 Å². The van der Waals surface area contributed by atoms with Crippen LogP contribution < -0.4 is 5.32 Å². The van der Waals surface area contributed by atoms with Crippen LogP contribution in [0.2, 0.25) is 0 Å². The van der Waals surface area contributed by atoms with Crippen molar-refractivity contribution in [2.24, 2.45) is 5.92 Å². The molecule has 2 aliphatic rings. The largest absolute Gasteiger partial charge is 0.481 e. The van der Waals surface area contributed by atoms with Crippen molar-refractivity contribution in [1.82, 2.24) is 10.2 Å². The van der Waals surface area contributed by atoms with Gasteiger partial charge in [-0.2, -0.15) is 0 Å². The van der Waals surface area contributed by atoms with E-state index in [-0.39, 0.29) is 37.4 Å². The Hall–Kier alpha value is -3.35. The first kappa shape index (κ1) is 23.8. The zero-order valence-corrected chi connectivity index (χ0v) is 19.5. The van der Waals surface area contributed by atoms with E-state index in [0.29, 0.717) is 19.4 Å². The average molecular weight is 465 g/mol. The molecule has 7 nitrogen and oxygen atoms in total. The number of nitrogens with zero attached hydrogens (tertiary/aromatic N) is 1. The molecule has 2 N–H and O–H groups in total. The fourth-order valence-electron chi connectivity index (χ4n) is 5.20. The number of alkyl carbamates (subject to hydrolysis) is 1. The lowest BCUT2D eigenvalue weighted by Gasteiger charge is -2.37. The summed E-state index contributed by atoms with van der Waals surface area (Å²) in [5.41, 5.74) is 4.63. The summed E-state index contributed by atoms with van der Waals surface area (Å²) in [7, 11) is 0. The van der Waals surface area contributed by atoms with E-state index in [2.05, 4.69) is 29.6 Å². The van der Waals surface area contributed by atoms with Gasteiger partial charge in [-0.25, -0.2) is 4.79 Å². The molecule has 0 bridgehead atoms. The van der Waals surface area contributed by atoms with Crippen molar-refractivity contribution in [3.8, 4) is 11.1 Å². The lowest BCUT2D eigenvalue weighted by atomic mass is 9.96. The second kappa shape index (κ2) is 10.7. The summed E-state index contributed by atoms with van der Waals surface area (Å²) in [6.07, 6.45) is 2.47. The minimum absolute atomic E-state index is 0.0214. The van der Waals surface area contributed by atoms with Crippen LogP contribution in [-0.4, -0.2) is 53.7 Å². The predicted molar refractivity (Wildman–Crippen MR) is 128 cm³/mol. The highest BCUT2D eigenvalue weighted by Gasteiger charge is 2.33. The summed E-state index contributed by atoms with van der Waals surface area (Å²) < 4.78 is 5.58. The normalized spacial score (nSPS) is 18.0. The van der Waals surface area contributed by atoms with Gasteiger partial charge in [0, 0.05) is 25.0 Å². The Morgan fingerprint density at radius 1 is 1.06 bits per heavy atom. The molecule has 0 aromatic heterocycles. The molecule has 180 valence electrons. The number of carbonyl (C=O) groups excluding carboxylic acids is 2. The molecule has 0 spiro atoms. The van der Waals surface area contributed by atoms with Gasteiger partial charge in [-0.1, -0.05) is 55.5 Å². The van der Waals surface area contributed by atoms with Crippen molar-refractivity contribution in [3.63, 3.8) is 0 Å². The van der Waals surface area contributed by atoms with Crippen LogP contribution in [0.25, 0.3) is 11.1 Å². The van der Waals surface area contributed by atoms with E-state index in [0.717, 1.165) is 24.0 Å². The van der Waals surface area contributed by atoms with Crippen LogP contribution in [0.15, 0.2) is 48.5 Å². The molecule has 2 atom stereocenters. The Bertz CT molecular complexity index is 1010. The molecule has 2 amide bonds. The zero-order chi connectivity index (χ0) is 24.1. The summed E-state index contributed by atoms with van der Waals surface area (Å²) in [6.45, 7) is 2.86. The first-order chi connectivity index (χ1) is 16.5. The number of carbonyl (C=O) groups is 3. The van der Waals surface area contributed by atoms with Gasteiger partial charge >= 0.3 is 12.1 Å². The maximum Gasteiger partial charge on any atom is 0.407 e. The Morgan fingerprint density at radius 2 is 1.71 bits per heavy atom. The van der Waals surface area contributed by atoms with E-state index in [9.17, 15) is 19.5 Å². The molecule has 4 rings (SSSR count). The van der Waals surface area contributed by atoms with Gasteiger partial charge in [0.25, 0.3) is 0 Å². The second-order valence-electron chi connectivity index (χ2n) is 9.09. The molecule has 1 saturated heterocycles. The highest BCUT2D eigenvalue weighted by Crippen LogP contribution is 2.44. The van der Waals surface area contributed by atoms with E-state index in [1.54, 1.807) is 4.90 Å². The SMILES string of the molecule is CCC(CNC(=O)OCC1c2ccccc2-c2ccccc21)C(=O)N1CCCCC1CC(=O)O. The van der Waals surface area contributed by atoms with Crippen LogP contribution in [0.4, 0.5) is 4.79 Å². The number of nitrogens with one attached hydrogen (secondary N) is 1. The van der Waals surface area contributed by atoms with Gasteiger partial charge in [-0.05, 0) is 47.9 Å². The van der Waals surface area contributed by atoms with Crippen LogP contribution >= 0.6 is 0 Å². The molecule has 2 aromatic carbocycles. The van der Waals surface area contributed by atoms with E-state index in [1.165, 1.54) is 11.1 Å². The number of fused-ring (bicyclic) bond motifs is 3. The molecule has 1 fully saturated rings. The van der Waals surface area contributed by atoms with Crippen molar-refractivity contribution in [2.75, 3.05) is 19.7 Å². The second-order valence-corrected chi connectivity index (χ2v) is 9.09. The number of piperidine rings is 1. The number of carboxylic acid groups (broad SMARTS) is 1. The molecule has 34 heavy (non-hydrogen) atoms. The number of benzene rings is 2. The molecule has 7 heteroatoms. The third-order valence-corrected chi connectivity index (χ3v) is 7.00. The van der Waals surface area contributed by atoms with Crippen molar-refractivity contribution in [2.45, 2.75) is 51.0 Å². The van der Waals surface area contributed by atoms with E-state index >= 15 is 0 Å². The van der Waals surface area contributed by atoms with Gasteiger partial charge in [0.15, 0.2) is 0 Å². The number of likely N-dealkylation sites (tertiary alicyclic amines) is 1. The third kappa shape index (κ3) is 5.08. The first-order valence-corrected chi connectivity index (χ1v) is 12.1. The standard InChI is InChI=1S/C27H32N2O5/c1-2-18(26(32)29-14-8-7-9-19(29)15-25(30)31)16-28-27(33)34-17-24-22-12-5-3-10-20(22)21-11-4-6-13-23(21)24/h3-6,10-13,18-19,24H,2,7-9,14-17H2,1H3,(H,28,33)(H,30,31). The molecule has 1 aliphatic heterocycles. The maximum absolute atomic E-state index is 13.1. The Kier molecular flexibility index (Phi) is 7.50. The molecular weight excluding hydrogens is 432 g/mol. The summed E-state index contributed by atoms with van der Waals surface area (Å²) in [5, 5.41) is 12.0. The Morgan fingerprint density at radius 3 is 2.32 bits per heavy atom. The molecule has 2 aromatic rings. The van der Waals surface area contributed by atoms with Gasteiger partial charge in [-0.15, -0.1) is 0 Å². The quantitative estimate of drug-likeness (QED) is 0.603. The zero-order valence-electron chi connectivity index (χ0n) is 19.5. The van der Waals surface area contributed by atoms with Gasteiger partial charge < -0.3 is 20.1 Å². The molecule has 2 unspecified atom stereocenters. The fraction of sp³-hybridized carbons (Fsp3) is 0.444. The molecule has 0 saturated carbocycles. The average Bonchev–Trinajstić information content (AvgIpc) is 3.16. The molecular formula is C27H32N2O5. The van der Waals surface area contributed by atoms with E-state index in [1.807, 2.05) is 31.2 Å². The van der Waals surface area contributed by atoms with E-state index < -0.39 is 18.0 Å². The maximum atomic E-state index is 13.1. The third-order valence-electron chi connectivity index (χ3n) is 7.00.